The second kappa shape index (κ2) is 4.31. The summed E-state index contributed by atoms with van der Waals surface area (Å²) in [5.74, 6) is 0. The van der Waals surface area contributed by atoms with Gasteiger partial charge in [0.15, 0.2) is 0 Å². The van der Waals surface area contributed by atoms with Crippen LogP contribution in [0.5, 0.6) is 0 Å². The van der Waals surface area contributed by atoms with E-state index >= 15 is 0 Å². The van der Waals surface area contributed by atoms with Gasteiger partial charge in [0.05, 0.1) is 0 Å². The number of hydrogen-bond acceptors (Lipinski definition) is 2. The number of rotatable bonds is 2. The number of nitrogens with one attached hydrogen (secondary N) is 1. The van der Waals surface area contributed by atoms with Crippen molar-refractivity contribution in [1.82, 2.24) is 10.2 Å². The van der Waals surface area contributed by atoms with Gasteiger partial charge in [0.1, 0.15) is 0 Å². The van der Waals surface area contributed by atoms with Crippen LogP contribution >= 0.6 is 15.9 Å². The van der Waals surface area contributed by atoms with Gasteiger partial charge in [-0.25, -0.2) is 0 Å². The summed E-state index contributed by atoms with van der Waals surface area (Å²) in [5, 5.41) is 4.51. The Morgan fingerprint density at radius 3 is 3.10 bits per heavy atom. The molecule has 2 nitrogen and oxygen atoms in total. The highest BCUT2D eigenvalue weighted by Crippen LogP contribution is 1.98. The molecule has 1 heterocycles. The summed E-state index contributed by atoms with van der Waals surface area (Å²) in [6.07, 6.45) is 0. The lowest BCUT2D eigenvalue weighted by Gasteiger charge is -2.31. The molecule has 0 aromatic carbocycles. The van der Waals surface area contributed by atoms with Crippen LogP contribution in [0.3, 0.4) is 0 Å². The molecular weight excluding hydrogens is 192 g/mol. The summed E-state index contributed by atoms with van der Waals surface area (Å²) in [5.41, 5.74) is 0. The van der Waals surface area contributed by atoms with Gasteiger partial charge in [-0.2, -0.15) is 0 Å². The smallest absolute Gasteiger partial charge is 0.0167 e. The van der Waals surface area contributed by atoms with Crippen molar-refractivity contribution in [1.29, 1.82) is 0 Å². The molecule has 0 amide bonds. The molecule has 0 bridgehead atoms. The van der Waals surface area contributed by atoms with E-state index < -0.39 is 0 Å². The van der Waals surface area contributed by atoms with Crippen molar-refractivity contribution in [2.24, 2.45) is 0 Å². The van der Waals surface area contributed by atoms with Gasteiger partial charge in [-0.1, -0.05) is 15.9 Å². The maximum atomic E-state index is 3.44. The molecule has 1 rings (SSSR count). The zero-order valence-corrected chi connectivity index (χ0v) is 8.02. The molecule has 1 atom stereocenters. The Bertz CT molecular complexity index is 95.6. The first kappa shape index (κ1) is 8.50. The third-order valence-electron chi connectivity index (χ3n) is 1.85. The summed E-state index contributed by atoms with van der Waals surface area (Å²) in [7, 11) is 0. The minimum atomic E-state index is 0.674. The van der Waals surface area contributed by atoms with Gasteiger partial charge in [-0.15, -0.1) is 0 Å². The lowest BCUT2D eigenvalue weighted by atomic mass is 10.2. The van der Waals surface area contributed by atoms with E-state index in [0.29, 0.717) is 6.04 Å². The van der Waals surface area contributed by atoms with Crippen LogP contribution in [-0.4, -0.2) is 42.5 Å². The monoisotopic (exact) mass is 206 g/mol. The predicted octanol–water partition coefficient (Wildman–Crippen LogP) is 0.675. The molecule has 1 unspecified atom stereocenters. The maximum Gasteiger partial charge on any atom is 0.0167 e. The first-order valence-electron chi connectivity index (χ1n) is 3.84. The minimum absolute atomic E-state index is 0.674. The Morgan fingerprint density at radius 2 is 2.50 bits per heavy atom. The highest BCUT2D eigenvalue weighted by Gasteiger charge is 2.13. The van der Waals surface area contributed by atoms with E-state index in [-0.39, 0.29) is 0 Å². The Balaban J connectivity index is 2.18. The molecule has 0 aromatic heterocycles. The number of piperazine rings is 1. The van der Waals surface area contributed by atoms with Crippen LogP contribution in [-0.2, 0) is 0 Å². The number of alkyl halides is 1. The molecule has 1 aliphatic rings. The molecule has 10 heavy (non-hydrogen) atoms. The molecule has 1 saturated heterocycles. The van der Waals surface area contributed by atoms with Gasteiger partial charge in [0, 0.05) is 37.6 Å². The lowest BCUT2D eigenvalue weighted by molar-refractivity contribution is 0.219. The van der Waals surface area contributed by atoms with Crippen LogP contribution in [0.15, 0.2) is 0 Å². The third kappa shape index (κ3) is 2.56. The fraction of sp³-hybridized carbons (Fsp3) is 1.00. The van der Waals surface area contributed by atoms with E-state index in [1.165, 1.54) is 19.6 Å². The topological polar surface area (TPSA) is 15.3 Å². The molecular formula is C7H15BrN2. The zero-order valence-electron chi connectivity index (χ0n) is 6.44. The standard InChI is InChI=1S/C7H15BrN2/c1-7-6-10(4-2-8)5-3-9-7/h7,9H,2-6H2,1H3. The Kier molecular flexibility index (Phi) is 3.66. The fourth-order valence-electron chi connectivity index (χ4n) is 1.33. The molecule has 0 spiro atoms. The second-order valence-corrected chi connectivity index (χ2v) is 3.64. The Labute approximate surface area is 71.1 Å². The van der Waals surface area contributed by atoms with E-state index in [9.17, 15) is 0 Å². The van der Waals surface area contributed by atoms with Crippen LogP contribution in [0.25, 0.3) is 0 Å². The number of hydrogen-bond donors (Lipinski definition) is 1. The van der Waals surface area contributed by atoms with Gasteiger partial charge >= 0.3 is 0 Å². The van der Waals surface area contributed by atoms with Crippen molar-refractivity contribution in [2.75, 3.05) is 31.5 Å². The van der Waals surface area contributed by atoms with Crippen molar-refractivity contribution in [3.8, 4) is 0 Å². The highest BCUT2D eigenvalue weighted by atomic mass is 79.9. The number of nitrogens with zero attached hydrogens (tertiary/aromatic N) is 1. The predicted molar refractivity (Wildman–Crippen MR) is 47.7 cm³/mol. The van der Waals surface area contributed by atoms with E-state index in [0.717, 1.165) is 11.9 Å². The van der Waals surface area contributed by atoms with Crippen LogP contribution in [0, 0.1) is 0 Å². The number of halogens is 1. The third-order valence-corrected chi connectivity index (χ3v) is 2.21. The minimum Gasteiger partial charge on any atom is -0.312 e. The summed E-state index contributed by atoms with van der Waals surface area (Å²) < 4.78 is 0. The van der Waals surface area contributed by atoms with E-state index in [2.05, 4.69) is 33.1 Å². The average Bonchev–Trinajstić information content (AvgIpc) is 1.88. The van der Waals surface area contributed by atoms with Crippen molar-refractivity contribution >= 4 is 15.9 Å². The SMILES string of the molecule is CC1CN(CCBr)CCN1. The van der Waals surface area contributed by atoms with Gasteiger partial charge in [-0.05, 0) is 6.92 Å². The van der Waals surface area contributed by atoms with Gasteiger partial charge < -0.3 is 5.32 Å². The van der Waals surface area contributed by atoms with E-state index in [1.807, 2.05) is 0 Å². The second-order valence-electron chi connectivity index (χ2n) is 2.84. The molecule has 1 fully saturated rings. The van der Waals surface area contributed by atoms with Crippen molar-refractivity contribution < 1.29 is 0 Å². The molecule has 0 radical (unpaired) electrons. The van der Waals surface area contributed by atoms with Crippen LogP contribution in [0.4, 0.5) is 0 Å². The normalized spacial score (nSPS) is 28.8. The van der Waals surface area contributed by atoms with E-state index in [4.69, 9.17) is 0 Å². The molecule has 0 aliphatic carbocycles. The highest BCUT2D eigenvalue weighted by molar-refractivity contribution is 9.09. The lowest BCUT2D eigenvalue weighted by Crippen LogP contribution is -2.49. The van der Waals surface area contributed by atoms with Crippen molar-refractivity contribution in [3.63, 3.8) is 0 Å². The summed E-state index contributed by atoms with van der Waals surface area (Å²) in [4.78, 5) is 2.48. The van der Waals surface area contributed by atoms with Crippen LogP contribution < -0.4 is 5.32 Å². The Hall–Kier alpha value is 0.400. The zero-order chi connectivity index (χ0) is 7.40. The van der Waals surface area contributed by atoms with Gasteiger partial charge in [-0.3, -0.25) is 4.90 Å². The summed E-state index contributed by atoms with van der Waals surface area (Å²) >= 11 is 3.44. The molecule has 3 heteroatoms. The maximum absolute atomic E-state index is 3.44. The first-order valence-corrected chi connectivity index (χ1v) is 4.97. The van der Waals surface area contributed by atoms with Gasteiger partial charge in [0.2, 0.25) is 0 Å². The largest absolute Gasteiger partial charge is 0.312 e. The van der Waals surface area contributed by atoms with Crippen LogP contribution in [0.2, 0.25) is 0 Å². The van der Waals surface area contributed by atoms with E-state index in [1.54, 1.807) is 0 Å². The quantitative estimate of drug-likeness (QED) is 0.669. The fourth-order valence-corrected chi connectivity index (χ4v) is 1.84. The first-order chi connectivity index (χ1) is 4.83. The summed E-state index contributed by atoms with van der Waals surface area (Å²) in [6, 6.07) is 0.674. The molecule has 0 saturated carbocycles. The molecule has 0 aromatic rings. The molecule has 1 aliphatic heterocycles. The van der Waals surface area contributed by atoms with Gasteiger partial charge in [0.25, 0.3) is 0 Å². The Morgan fingerprint density at radius 1 is 1.70 bits per heavy atom. The van der Waals surface area contributed by atoms with Crippen molar-refractivity contribution in [3.05, 3.63) is 0 Å². The summed E-state index contributed by atoms with van der Waals surface area (Å²) in [6.45, 7) is 6.97. The molecule has 60 valence electrons. The molecule has 1 N–H and O–H groups in total. The van der Waals surface area contributed by atoms with Crippen LogP contribution in [0.1, 0.15) is 6.92 Å². The van der Waals surface area contributed by atoms with Crippen molar-refractivity contribution in [2.45, 2.75) is 13.0 Å². The average molecular weight is 207 g/mol.